The molecule has 2 saturated carbocycles. The van der Waals surface area contributed by atoms with Gasteiger partial charge in [0.15, 0.2) is 0 Å². The number of carbonyl (C=O) groups excluding carboxylic acids is 3. The van der Waals surface area contributed by atoms with E-state index in [9.17, 15) is 14.4 Å². The molecule has 3 rings (SSSR count). The van der Waals surface area contributed by atoms with Crippen molar-refractivity contribution in [1.82, 2.24) is 9.80 Å². The third kappa shape index (κ3) is 4.80. The highest BCUT2D eigenvalue weighted by molar-refractivity contribution is 6.13. The van der Waals surface area contributed by atoms with E-state index in [1.807, 2.05) is 4.90 Å². The Hall–Kier alpha value is -1.65. The molecule has 0 bridgehead atoms. The molecule has 2 fully saturated rings. The van der Waals surface area contributed by atoms with Crippen molar-refractivity contribution in [1.29, 1.82) is 0 Å². The summed E-state index contributed by atoms with van der Waals surface area (Å²) in [5, 5.41) is 0. The first kappa shape index (κ1) is 20.1. The van der Waals surface area contributed by atoms with Crippen molar-refractivity contribution >= 4 is 17.7 Å². The van der Waals surface area contributed by atoms with E-state index in [1.54, 1.807) is 6.92 Å². The van der Waals surface area contributed by atoms with Gasteiger partial charge in [0.2, 0.25) is 5.91 Å². The van der Waals surface area contributed by atoms with Crippen molar-refractivity contribution in [3.63, 3.8) is 0 Å². The van der Waals surface area contributed by atoms with Crippen molar-refractivity contribution in [2.24, 2.45) is 11.8 Å². The lowest BCUT2D eigenvalue weighted by atomic mass is 9.77. The van der Waals surface area contributed by atoms with Crippen LogP contribution in [0.5, 0.6) is 0 Å². The van der Waals surface area contributed by atoms with E-state index in [1.165, 1.54) is 42.7 Å². The standard InChI is InChI=1S/C22H34N2O3/c1-3-23(16(2)25)19-10-6-17(7-11-19)4-5-18-8-12-20(13-9-18)24-21(26)14-15-22(24)27/h14-15,17-20H,3-13H2,1-2H3. The zero-order chi connectivity index (χ0) is 19.4. The van der Waals surface area contributed by atoms with Crippen molar-refractivity contribution in [3.8, 4) is 0 Å². The lowest BCUT2D eigenvalue weighted by Crippen LogP contribution is -2.42. The van der Waals surface area contributed by atoms with Crippen molar-refractivity contribution in [2.45, 2.75) is 90.1 Å². The molecule has 2 aliphatic carbocycles. The summed E-state index contributed by atoms with van der Waals surface area (Å²) >= 11 is 0. The van der Waals surface area contributed by atoms with Gasteiger partial charge in [-0.3, -0.25) is 19.3 Å². The largest absolute Gasteiger partial charge is 0.340 e. The molecule has 0 saturated heterocycles. The average Bonchev–Trinajstić information content (AvgIpc) is 3.00. The molecule has 150 valence electrons. The van der Waals surface area contributed by atoms with E-state index in [2.05, 4.69) is 6.92 Å². The second kappa shape index (κ2) is 9.03. The summed E-state index contributed by atoms with van der Waals surface area (Å²) < 4.78 is 0. The first-order valence-corrected chi connectivity index (χ1v) is 10.8. The SMILES string of the molecule is CCN(C(C)=O)C1CCC(CCC2CCC(N3C(=O)C=CC3=O)CC2)CC1. The van der Waals surface area contributed by atoms with Crippen molar-refractivity contribution in [3.05, 3.63) is 12.2 Å². The quantitative estimate of drug-likeness (QED) is 0.667. The molecule has 0 N–H and O–H groups in total. The Morgan fingerprint density at radius 1 is 0.926 bits per heavy atom. The van der Waals surface area contributed by atoms with Gasteiger partial charge in [-0.2, -0.15) is 0 Å². The van der Waals surface area contributed by atoms with Crippen LogP contribution in [-0.2, 0) is 14.4 Å². The van der Waals surface area contributed by atoms with Crippen LogP contribution in [0.1, 0.15) is 78.1 Å². The molecule has 1 aliphatic heterocycles. The van der Waals surface area contributed by atoms with Gasteiger partial charge in [-0.05, 0) is 70.1 Å². The topological polar surface area (TPSA) is 57.7 Å². The molecule has 27 heavy (non-hydrogen) atoms. The van der Waals surface area contributed by atoms with Crippen LogP contribution in [0.4, 0.5) is 0 Å². The normalized spacial score (nSPS) is 31.4. The molecule has 3 amide bonds. The van der Waals surface area contributed by atoms with Gasteiger partial charge in [0, 0.05) is 37.7 Å². The molecular formula is C22H34N2O3. The zero-order valence-corrected chi connectivity index (χ0v) is 16.9. The summed E-state index contributed by atoms with van der Waals surface area (Å²) in [5.41, 5.74) is 0. The second-order valence-corrected chi connectivity index (χ2v) is 8.61. The van der Waals surface area contributed by atoms with Crippen LogP contribution in [0.25, 0.3) is 0 Å². The van der Waals surface area contributed by atoms with Gasteiger partial charge >= 0.3 is 0 Å². The maximum Gasteiger partial charge on any atom is 0.253 e. The smallest absolute Gasteiger partial charge is 0.253 e. The minimum absolute atomic E-state index is 0.110. The van der Waals surface area contributed by atoms with Gasteiger partial charge in [-0.1, -0.05) is 12.8 Å². The third-order valence-corrected chi connectivity index (χ3v) is 7.01. The summed E-state index contributed by atoms with van der Waals surface area (Å²) in [6.45, 7) is 4.58. The van der Waals surface area contributed by atoms with Crippen molar-refractivity contribution in [2.75, 3.05) is 6.54 Å². The maximum absolute atomic E-state index is 11.8. The van der Waals surface area contributed by atoms with Gasteiger partial charge < -0.3 is 4.90 Å². The maximum atomic E-state index is 11.8. The summed E-state index contributed by atoms with van der Waals surface area (Å²) in [7, 11) is 0. The van der Waals surface area contributed by atoms with Gasteiger partial charge in [-0.25, -0.2) is 0 Å². The monoisotopic (exact) mass is 374 g/mol. The molecule has 3 aliphatic rings. The molecule has 0 radical (unpaired) electrons. The fourth-order valence-corrected chi connectivity index (χ4v) is 5.42. The predicted octanol–water partition coefficient (Wildman–Crippen LogP) is 3.68. The summed E-state index contributed by atoms with van der Waals surface area (Å²) in [6, 6.07) is 0.557. The van der Waals surface area contributed by atoms with Crippen LogP contribution < -0.4 is 0 Å². The number of rotatable bonds is 6. The zero-order valence-electron chi connectivity index (χ0n) is 16.9. The number of nitrogens with zero attached hydrogens (tertiary/aromatic N) is 2. The molecule has 0 aromatic rings. The van der Waals surface area contributed by atoms with E-state index < -0.39 is 0 Å². The Morgan fingerprint density at radius 3 is 1.85 bits per heavy atom. The van der Waals surface area contributed by atoms with E-state index in [0.717, 1.165) is 56.9 Å². The Morgan fingerprint density at radius 2 is 1.41 bits per heavy atom. The van der Waals surface area contributed by atoms with Gasteiger partial charge in [0.25, 0.3) is 11.8 Å². The summed E-state index contributed by atoms with van der Waals surface area (Å²) in [4.78, 5) is 38.9. The van der Waals surface area contributed by atoms with Crippen LogP contribution in [0.2, 0.25) is 0 Å². The fraction of sp³-hybridized carbons (Fsp3) is 0.773. The Kier molecular flexibility index (Phi) is 6.72. The van der Waals surface area contributed by atoms with E-state index in [0.29, 0.717) is 6.04 Å². The Balaban J connectivity index is 1.36. The number of imide groups is 1. The summed E-state index contributed by atoms with van der Waals surface area (Å²) in [6.07, 6.45) is 14.3. The molecule has 0 aromatic carbocycles. The minimum atomic E-state index is -0.133. The molecule has 0 spiro atoms. The lowest BCUT2D eigenvalue weighted by molar-refractivity contribution is -0.140. The highest BCUT2D eigenvalue weighted by Crippen LogP contribution is 2.36. The third-order valence-electron chi connectivity index (χ3n) is 7.01. The van der Waals surface area contributed by atoms with Crippen LogP contribution in [0.3, 0.4) is 0 Å². The Labute approximate surface area is 163 Å². The van der Waals surface area contributed by atoms with Crippen LogP contribution in [0, 0.1) is 11.8 Å². The highest BCUT2D eigenvalue weighted by Gasteiger charge is 2.34. The van der Waals surface area contributed by atoms with Gasteiger partial charge in [-0.15, -0.1) is 0 Å². The lowest BCUT2D eigenvalue weighted by Gasteiger charge is -2.37. The second-order valence-electron chi connectivity index (χ2n) is 8.61. The molecule has 0 unspecified atom stereocenters. The molecule has 0 aromatic heterocycles. The van der Waals surface area contributed by atoms with Crippen molar-refractivity contribution < 1.29 is 14.4 Å². The first-order chi connectivity index (χ1) is 13.0. The first-order valence-electron chi connectivity index (χ1n) is 10.8. The number of hydrogen-bond acceptors (Lipinski definition) is 3. The van der Waals surface area contributed by atoms with Gasteiger partial charge in [0.1, 0.15) is 0 Å². The summed E-state index contributed by atoms with van der Waals surface area (Å²) in [5.74, 6) is 1.49. The van der Waals surface area contributed by atoms with Gasteiger partial charge in [0.05, 0.1) is 0 Å². The van der Waals surface area contributed by atoms with Crippen LogP contribution >= 0.6 is 0 Å². The molecular weight excluding hydrogens is 340 g/mol. The van der Waals surface area contributed by atoms with E-state index in [4.69, 9.17) is 0 Å². The van der Waals surface area contributed by atoms with E-state index >= 15 is 0 Å². The highest BCUT2D eigenvalue weighted by atomic mass is 16.2. The predicted molar refractivity (Wildman–Crippen MR) is 105 cm³/mol. The molecule has 1 heterocycles. The average molecular weight is 375 g/mol. The van der Waals surface area contributed by atoms with Crippen LogP contribution in [-0.4, -0.2) is 46.1 Å². The number of amides is 3. The molecule has 5 nitrogen and oxygen atoms in total. The number of carbonyl (C=O) groups is 3. The number of hydrogen-bond donors (Lipinski definition) is 0. The Bertz CT molecular complexity index is 566. The van der Waals surface area contributed by atoms with Crippen LogP contribution in [0.15, 0.2) is 12.2 Å². The van der Waals surface area contributed by atoms with E-state index in [-0.39, 0.29) is 23.8 Å². The molecule has 5 heteroatoms. The fourth-order valence-electron chi connectivity index (χ4n) is 5.42. The minimum Gasteiger partial charge on any atom is -0.340 e. The molecule has 0 atom stereocenters.